The molecule has 0 aliphatic heterocycles. The number of carboxylic acid groups (broad SMARTS) is 1. The monoisotopic (exact) mass is 362 g/mol. The number of amides is 3. The summed E-state index contributed by atoms with van der Waals surface area (Å²) in [6.07, 6.45) is 0.0184. The molecule has 0 saturated carbocycles. The van der Waals surface area contributed by atoms with Crippen LogP contribution in [0.2, 0.25) is 5.02 Å². The average Bonchev–Trinajstić information content (AvgIpc) is 2.33. The van der Waals surface area contributed by atoms with Crippen LogP contribution in [0, 0.1) is 0 Å². The lowest BCUT2D eigenvalue weighted by molar-refractivity contribution is -0.137. The van der Waals surface area contributed by atoms with Crippen LogP contribution >= 0.6 is 27.5 Å². The predicted molar refractivity (Wildman–Crippen MR) is 77.8 cm³/mol. The highest BCUT2D eigenvalue weighted by molar-refractivity contribution is 9.10. The number of anilines is 1. The zero-order valence-electron chi connectivity index (χ0n) is 10.3. The van der Waals surface area contributed by atoms with Crippen molar-refractivity contribution in [3.8, 4) is 0 Å². The number of carbonyl (C=O) groups is 3. The minimum atomic E-state index is -0.983. The molecular formula is C12H12BrClN2O4. The highest BCUT2D eigenvalue weighted by Gasteiger charge is 2.10. The third-order valence-electron chi connectivity index (χ3n) is 2.22. The second kappa shape index (κ2) is 7.86. The van der Waals surface area contributed by atoms with Crippen LogP contribution in [0.25, 0.3) is 0 Å². The van der Waals surface area contributed by atoms with E-state index in [1.54, 1.807) is 18.2 Å². The standard InChI is InChI=1S/C12H12BrClN2O4/c13-7-4-5-8(14)9(6-7)15-12(20)16-10(17)2-1-3-11(18)19/h4-6H,1-3H2,(H,18,19)(H2,15,16,17,20). The average molecular weight is 364 g/mol. The third-order valence-corrected chi connectivity index (χ3v) is 3.05. The molecule has 0 unspecified atom stereocenters. The molecule has 0 fully saturated rings. The van der Waals surface area contributed by atoms with Gasteiger partial charge in [-0.2, -0.15) is 0 Å². The molecule has 3 amide bonds. The van der Waals surface area contributed by atoms with Crippen molar-refractivity contribution in [2.75, 3.05) is 5.32 Å². The fraction of sp³-hybridized carbons (Fsp3) is 0.250. The molecule has 0 radical (unpaired) electrons. The maximum absolute atomic E-state index is 11.6. The number of halogens is 2. The first kappa shape index (κ1) is 16.5. The van der Waals surface area contributed by atoms with Gasteiger partial charge in [-0.1, -0.05) is 27.5 Å². The Labute approximate surface area is 128 Å². The van der Waals surface area contributed by atoms with Crippen molar-refractivity contribution in [2.45, 2.75) is 19.3 Å². The van der Waals surface area contributed by atoms with Crippen LogP contribution in [0.3, 0.4) is 0 Å². The van der Waals surface area contributed by atoms with E-state index in [9.17, 15) is 14.4 Å². The summed E-state index contributed by atoms with van der Waals surface area (Å²) in [5, 5.41) is 13.3. The first-order chi connectivity index (χ1) is 9.38. The van der Waals surface area contributed by atoms with Crippen molar-refractivity contribution in [3.05, 3.63) is 27.7 Å². The number of rotatable bonds is 5. The fourth-order valence-electron chi connectivity index (χ4n) is 1.34. The molecule has 8 heteroatoms. The highest BCUT2D eigenvalue weighted by Crippen LogP contribution is 2.25. The lowest BCUT2D eigenvalue weighted by Crippen LogP contribution is -2.34. The number of hydrogen-bond acceptors (Lipinski definition) is 3. The molecule has 0 heterocycles. The molecular weight excluding hydrogens is 351 g/mol. The minimum Gasteiger partial charge on any atom is -0.481 e. The van der Waals surface area contributed by atoms with Crippen LogP contribution in [-0.2, 0) is 9.59 Å². The van der Waals surface area contributed by atoms with Crippen molar-refractivity contribution in [1.29, 1.82) is 0 Å². The molecule has 108 valence electrons. The van der Waals surface area contributed by atoms with Crippen LogP contribution in [0.4, 0.5) is 10.5 Å². The molecule has 0 aliphatic carbocycles. The summed E-state index contributed by atoms with van der Waals surface area (Å²) in [6.45, 7) is 0. The number of carboxylic acids is 1. The molecule has 0 saturated heterocycles. The van der Waals surface area contributed by atoms with Gasteiger partial charge in [-0.15, -0.1) is 0 Å². The maximum atomic E-state index is 11.6. The Balaban J connectivity index is 2.45. The molecule has 1 rings (SSSR count). The molecule has 3 N–H and O–H groups in total. The van der Waals surface area contributed by atoms with Crippen molar-refractivity contribution in [1.82, 2.24) is 5.32 Å². The van der Waals surface area contributed by atoms with Crippen molar-refractivity contribution >= 4 is 51.1 Å². The van der Waals surface area contributed by atoms with E-state index in [0.29, 0.717) is 10.7 Å². The SMILES string of the molecule is O=C(O)CCCC(=O)NC(=O)Nc1cc(Br)ccc1Cl. The molecule has 1 aromatic rings. The maximum Gasteiger partial charge on any atom is 0.325 e. The van der Waals surface area contributed by atoms with Gasteiger partial charge < -0.3 is 10.4 Å². The lowest BCUT2D eigenvalue weighted by Gasteiger charge is -2.08. The summed E-state index contributed by atoms with van der Waals surface area (Å²) < 4.78 is 0.727. The molecule has 0 aliphatic rings. The van der Waals surface area contributed by atoms with Crippen LogP contribution in [0.5, 0.6) is 0 Å². The smallest absolute Gasteiger partial charge is 0.325 e. The van der Waals surface area contributed by atoms with Crippen LogP contribution in [-0.4, -0.2) is 23.0 Å². The molecule has 0 aromatic heterocycles. The van der Waals surface area contributed by atoms with Gasteiger partial charge in [0.2, 0.25) is 5.91 Å². The summed E-state index contributed by atoms with van der Waals surface area (Å²) in [5.41, 5.74) is 0.358. The first-order valence-electron chi connectivity index (χ1n) is 5.66. The molecule has 20 heavy (non-hydrogen) atoms. The lowest BCUT2D eigenvalue weighted by atomic mass is 10.2. The van der Waals surface area contributed by atoms with Gasteiger partial charge in [0.1, 0.15) is 0 Å². The number of benzene rings is 1. The molecule has 0 bridgehead atoms. The fourth-order valence-corrected chi connectivity index (χ4v) is 1.86. The Morgan fingerprint density at radius 3 is 2.60 bits per heavy atom. The second-order valence-electron chi connectivity index (χ2n) is 3.87. The van der Waals surface area contributed by atoms with Gasteiger partial charge >= 0.3 is 12.0 Å². The number of hydrogen-bond donors (Lipinski definition) is 3. The number of carbonyl (C=O) groups excluding carboxylic acids is 2. The van der Waals surface area contributed by atoms with Gasteiger partial charge in [0.15, 0.2) is 0 Å². The van der Waals surface area contributed by atoms with Gasteiger partial charge in [0.05, 0.1) is 10.7 Å². The van der Waals surface area contributed by atoms with Gasteiger partial charge in [-0.3, -0.25) is 14.9 Å². The number of aliphatic carboxylic acids is 1. The summed E-state index contributed by atoms with van der Waals surface area (Å²) in [5.74, 6) is -1.53. The zero-order valence-corrected chi connectivity index (χ0v) is 12.6. The number of nitrogens with one attached hydrogen (secondary N) is 2. The van der Waals surface area contributed by atoms with Crippen LogP contribution < -0.4 is 10.6 Å². The van der Waals surface area contributed by atoms with Crippen molar-refractivity contribution < 1.29 is 19.5 Å². The van der Waals surface area contributed by atoms with Gasteiger partial charge in [0, 0.05) is 17.3 Å². The Bertz CT molecular complexity index is 536. The van der Waals surface area contributed by atoms with E-state index < -0.39 is 17.9 Å². The Morgan fingerprint density at radius 1 is 1.25 bits per heavy atom. The quantitative estimate of drug-likeness (QED) is 0.749. The van der Waals surface area contributed by atoms with E-state index in [4.69, 9.17) is 16.7 Å². The minimum absolute atomic E-state index is 0.0358. The third kappa shape index (κ3) is 6.03. The van der Waals surface area contributed by atoms with E-state index >= 15 is 0 Å². The predicted octanol–water partition coefficient (Wildman–Crippen LogP) is 3.01. The van der Waals surface area contributed by atoms with E-state index in [-0.39, 0.29) is 19.3 Å². The molecule has 6 nitrogen and oxygen atoms in total. The van der Waals surface area contributed by atoms with Gasteiger partial charge in [-0.25, -0.2) is 4.79 Å². The summed E-state index contributed by atoms with van der Waals surface area (Å²) in [7, 11) is 0. The van der Waals surface area contributed by atoms with Crippen molar-refractivity contribution in [2.24, 2.45) is 0 Å². The van der Waals surface area contributed by atoms with E-state index in [1.807, 2.05) is 0 Å². The second-order valence-corrected chi connectivity index (χ2v) is 5.20. The molecule has 0 spiro atoms. The van der Waals surface area contributed by atoms with Crippen molar-refractivity contribution in [3.63, 3.8) is 0 Å². The normalized spacial score (nSPS) is 9.90. The summed E-state index contributed by atoms with van der Waals surface area (Å²) >= 11 is 9.11. The molecule has 1 aromatic carbocycles. The number of urea groups is 1. The topological polar surface area (TPSA) is 95.5 Å². The Morgan fingerprint density at radius 2 is 1.95 bits per heavy atom. The Kier molecular flexibility index (Phi) is 6.47. The molecule has 0 atom stereocenters. The Hall–Kier alpha value is -1.60. The van der Waals surface area contributed by atoms with Crippen LogP contribution in [0.1, 0.15) is 19.3 Å². The summed E-state index contributed by atoms with van der Waals surface area (Å²) in [4.78, 5) is 33.2. The highest BCUT2D eigenvalue weighted by atomic mass is 79.9. The largest absolute Gasteiger partial charge is 0.481 e. The first-order valence-corrected chi connectivity index (χ1v) is 6.83. The summed E-state index contributed by atoms with van der Waals surface area (Å²) in [6, 6.07) is 4.18. The number of imide groups is 1. The van der Waals surface area contributed by atoms with Crippen LogP contribution in [0.15, 0.2) is 22.7 Å². The zero-order chi connectivity index (χ0) is 15.1. The van der Waals surface area contributed by atoms with Gasteiger partial charge in [0.25, 0.3) is 0 Å². The van der Waals surface area contributed by atoms with E-state index in [1.165, 1.54) is 0 Å². The van der Waals surface area contributed by atoms with E-state index in [0.717, 1.165) is 4.47 Å². The van der Waals surface area contributed by atoms with E-state index in [2.05, 4.69) is 26.6 Å². The van der Waals surface area contributed by atoms with Gasteiger partial charge in [-0.05, 0) is 24.6 Å².